The van der Waals surface area contributed by atoms with E-state index in [1.54, 1.807) is 20.0 Å². The third-order valence-corrected chi connectivity index (χ3v) is 6.04. The molecule has 0 saturated carbocycles. The number of nitrogens with one attached hydrogen (secondary N) is 1. The number of imide groups is 1. The van der Waals surface area contributed by atoms with Crippen molar-refractivity contribution >= 4 is 35.2 Å². The maximum atomic E-state index is 13.2. The predicted molar refractivity (Wildman–Crippen MR) is 107 cm³/mol. The zero-order valence-electron chi connectivity index (χ0n) is 16.3. The van der Waals surface area contributed by atoms with Gasteiger partial charge in [0.05, 0.1) is 5.69 Å². The van der Waals surface area contributed by atoms with Crippen molar-refractivity contribution in [3.8, 4) is 0 Å². The first-order valence-corrected chi connectivity index (χ1v) is 10.1. The van der Waals surface area contributed by atoms with Crippen LogP contribution in [0, 0.1) is 0 Å². The molecule has 30 heavy (non-hydrogen) atoms. The molecule has 2 aromatic rings. The fraction of sp³-hybridized carbons (Fsp3) is 0.350. The average molecular weight is 436 g/mol. The molecular formula is C20H19F3N4O2S. The van der Waals surface area contributed by atoms with Crippen molar-refractivity contribution in [2.75, 3.05) is 16.8 Å². The molecule has 0 spiro atoms. The quantitative estimate of drug-likeness (QED) is 0.568. The van der Waals surface area contributed by atoms with Gasteiger partial charge in [-0.3, -0.25) is 4.79 Å². The van der Waals surface area contributed by atoms with E-state index in [2.05, 4.69) is 10.3 Å². The maximum Gasteiger partial charge on any atom is 0.446 e. The van der Waals surface area contributed by atoms with Gasteiger partial charge in [-0.1, -0.05) is 0 Å². The molecule has 1 fully saturated rings. The number of alkyl halides is 3. The summed E-state index contributed by atoms with van der Waals surface area (Å²) >= 11 is -0.244. The number of urea groups is 1. The summed E-state index contributed by atoms with van der Waals surface area (Å²) in [6.07, 6.45) is 2.45. The van der Waals surface area contributed by atoms with E-state index in [1.807, 2.05) is 6.07 Å². The molecule has 0 radical (unpaired) electrons. The number of halogens is 3. The monoisotopic (exact) mass is 436 g/mol. The summed E-state index contributed by atoms with van der Waals surface area (Å²) < 4.78 is 37.7. The number of anilines is 2. The van der Waals surface area contributed by atoms with E-state index in [0.717, 1.165) is 34.8 Å². The molecule has 1 aromatic carbocycles. The van der Waals surface area contributed by atoms with Crippen LogP contribution in [-0.4, -0.2) is 39.4 Å². The zero-order chi connectivity index (χ0) is 21.7. The van der Waals surface area contributed by atoms with Crippen LogP contribution in [0.25, 0.3) is 0 Å². The molecule has 2 aliphatic rings. The number of pyridine rings is 1. The standard InChI is InChI=1S/C20H19F3N4O2S/c1-19(2)17(28)27(13-3-5-14(6-4-13)30-20(21,22)23)18(29)26(19)11-12-7-9-24-16-15(12)8-10-25-16/h3-7,9H,8,10-11H2,1-2H3,(H,24,25). The van der Waals surface area contributed by atoms with Crippen molar-refractivity contribution in [3.63, 3.8) is 0 Å². The van der Waals surface area contributed by atoms with Crippen LogP contribution in [0.2, 0.25) is 0 Å². The fourth-order valence-corrected chi connectivity index (χ4v) is 4.25. The van der Waals surface area contributed by atoms with Gasteiger partial charge in [0.1, 0.15) is 11.4 Å². The Morgan fingerprint density at radius 2 is 1.87 bits per heavy atom. The normalized spacial score (nSPS) is 18.0. The van der Waals surface area contributed by atoms with Crippen molar-refractivity contribution in [3.05, 3.63) is 47.7 Å². The lowest BCUT2D eigenvalue weighted by Gasteiger charge is -2.28. The summed E-state index contributed by atoms with van der Waals surface area (Å²) in [6, 6.07) is 6.56. The molecule has 0 unspecified atom stereocenters. The van der Waals surface area contributed by atoms with Gasteiger partial charge < -0.3 is 10.2 Å². The molecule has 0 bridgehead atoms. The highest BCUT2D eigenvalue weighted by atomic mass is 32.2. The van der Waals surface area contributed by atoms with Crippen LogP contribution in [-0.2, 0) is 17.8 Å². The molecule has 4 rings (SSSR count). The lowest BCUT2D eigenvalue weighted by Crippen LogP contribution is -2.43. The Balaban J connectivity index is 1.61. The van der Waals surface area contributed by atoms with Crippen LogP contribution < -0.4 is 10.2 Å². The predicted octanol–water partition coefficient (Wildman–Crippen LogP) is 4.41. The number of thioether (sulfide) groups is 1. The van der Waals surface area contributed by atoms with Crippen molar-refractivity contribution in [1.82, 2.24) is 9.88 Å². The van der Waals surface area contributed by atoms with Gasteiger partial charge in [-0.05, 0) is 67.9 Å². The largest absolute Gasteiger partial charge is 0.446 e. The van der Waals surface area contributed by atoms with E-state index in [4.69, 9.17) is 0 Å². The molecule has 3 heterocycles. The minimum atomic E-state index is -4.40. The molecule has 10 heteroatoms. The summed E-state index contributed by atoms with van der Waals surface area (Å²) in [5, 5.41) is 3.19. The van der Waals surface area contributed by atoms with E-state index in [9.17, 15) is 22.8 Å². The van der Waals surface area contributed by atoms with Gasteiger partial charge in [-0.25, -0.2) is 14.7 Å². The third kappa shape index (κ3) is 3.60. The number of carbonyl (C=O) groups is 2. The van der Waals surface area contributed by atoms with Gasteiger partial charge in [0.25, 0.3) is 5.91 Å². The molecule has 0 aliphatic carbocycles. The molecule has 1 N–H and O–H groups in total. The van der Waals surface area contributed by atoms with Crippen LogP contribution >= 0.6 is 11.8 Å². The summed E-state index contributed by atoms with van der Waals surface area (Å²) in [6.45, 7) is 4.34. The minimum absolute atomic E-state index is 0.0127. The SMILES string of the molecule is CC1(C)C(=O)N(c2ccc(SC(F)(F)F)cc2)C(=O)N1Cc1ccnc2c1CCN2. The fourth-order valence-electron chi connectivity index (χ4n) is 3.71. The van der Waals surface area contributed by atoms with E-state index in [1.165, 1.54) is 29.2 Å². The Labute approximate surface area is 175 Å². The summed E-state index contributed by atoms with van der Waals surface area (Å²) in [5.74, 6) is 0.366. The Morgan fingerprint density at radius 3 is 2.53 bits per heavy atom. The minimum Gasteiger partial charge on any atom is -0.370 e. The number of rotatable bonds is 4. The number of aromatic nitrogens is 1. The Hall–Kier alpha value is -2.75. The van der Waals surface area contributed by atoms with E-state index in [-0.39, 0.29) is 28.9 Å². The van der Waals surface area contributed by atoms with Crippen LogP contribution in [0.4, 0.5) is 29.5 Å². The summed E-state index contributed by atoms with van der Waals surface area (Å²) in [5.41, 5.74) is -3.31. The van der Waals surface area contributed by atoms with Crippen LogP contribution in [0.15, 0.2) is 41.4 Å². The number of hydrogen-bond donors (Lipinski definition) is 1. The van der Waals surface area contributed by atoms with Gasteiger partial charge in [0.15, 0.2) is 0 Å². The number of hydrogen-bond acceptors (Lipinski definition) is 5. The molecule has 1 aromatic heterocycles. The van der Waals surface area contributed by atoms with Crippen molar-refractivity contribution in [1.29, 1.82) is 0 Å². The second kappa shape index (κ2) is 7.19. The van der Waals surface area contributed by atoms with Crippen molar-refractivity contribution in [2.24, 2.45) is 0 Å². The van der Waals surface area contributed by atoms with E-state index >= 15 is 0 Å². The highest BCUT2D eigenvalue weighted by molar-refractivity contribution is 8.00. The molecule has 1 saturated heterocycles. The molecule has 2 aliphatic heterocycles. The van der Waals surface area contributed by atoms with E-state index in [0.29, 0.717) is 0 Å². The smallest absolute Gasteiger partial charge is 0.370 e. The van der Waals surface area contributed by atoms with Crippen LogP contribution in [0.1, 0.15) is 25.0 Å². The van der Waals surface area contributed by atoms with Crippen LogP contribution in [0.5, 0.6) is 0 Å². The molecule has 6 nitrogen and oxygen atoms in total. The van der Waals surface area contributed by atoms with Crippen molar-refractivity contribution in [2.45, 2.75) is 42.8 Å². The number of fused-ring (bicyclic) bond motifs is 1. The third-order valence-electron chi connectivity index (χ3n) is 5.30. The first-order chi connectivity index (χ1) is 14.1. The van der Waals surface area contributed by atoms with Gasteiger partial charge in [0.2, 0.25) is 0 Å². The van der Waals surface area contributed by atoms with Gasteiger partial charge in [-0.15, -0.1) is 0 Å². The average Bonchev–Trinajstić information content (AvgIpc) is 3.20. The summed E-state index contributed by atoms with van der Waals surface area (Å²) in [7, 11) is 0. The van der Waals surface area contributed by atoms with Crippen molar-refractivity contribution < 1.29 is 22.8 Å². The van der Waals surface area contributed by atoms with E-state index < -0.39 is 23.0 Å². The Morgan fingerprint density at radius 1 is 1.17 bits per heavy atom. The van der Waals surface area contributed by atoms with Gasteiger partial charge in [-0.2, -0.15) is 13.2 Å². The molecular weight excluding hydrogens is 417 g/mol. The number of carbonyl (C=O) groups excluding carboxylic acids is 2. The van der Waals surface area contributed by atoms with Gasteiger partial charge in [0, 0.05) is 29.7 Å². The number of nitrogens with zero attached hydrogens (tertiary/aromatic N) is 3. The molecule has 158 valence electrons. The second-order valence-corrected chi connectivity index (χ2v) is 8.72. The van der Waals surface area contributed by atoms with Gasteiger partial charge >= 0.3 is 11.5 Å². The molecule has 3 amide bonds. The first kappa shape index (κ1) is 20.5. The Kier molecular flexibility index (Phi) is 4.92. The highest BCUT2D eigenvalue weighted by Gasteiger charge is 2.52. The first-order valence-electron chi connectivity index (χ1n) is 9.30. The highest BCUT2D eigenvalue weighted by Crippen LogP contribution is 2.39. The lowest BCUT2D eigenvalue weighted by molar-refractivity contribution is -0.123. The number of amides is 3. The molecule has 0 atom stereocenters. The summed E-state index contributed by atoms with van der Waals surface area (Å²) in [4.78, 5) is 33.0. The maximum absolute atomic E-state index is 13.2. The topological polar surface area (TPSA) is 65.5 Å². The zero-order valence-corrected chi connectivity index (χ0v) is 17.1. The number of benzene rings is 1. The van der Waals surface area contributed by atoms with Crippen LogP contribution in [0.3, 0.4) is 0 Å². The lowest BCUT2D eigenvalue weighted by atomic mass is 10.0. The second-order valence-electron chi connectivity index (χ2n) is 7.58. The Bertz CT molecular complexity index is 1010.